The van der Waals surface area contributed by atoms with Crippen molar-refractivity contribution >= 4 is 5.91 Å². The lowest BCUT2D eigenvalue weighted by Gasteiger charge is -2.39. The highest BCUT2D eigenvalue weighted by Crippen LogP contribution is 2.33. The minimum atomic E-state index is 0.286. The molecule has 104 valence electrons. The van der Waals surface area contributed by atoms with Crippen molar-refractivity contribution in [2.75, 3.05) is 19.6 Å². The molecule has 3 nitrogen and oxygen atoms in total. The fourth-order valence-electron chi connectivity index (χ4n) is 3.24. The van der Waals surface area contributed by atoms with E-state index in [0.717, 1.165) is 58.2 Å². The molecule has 2 fully saturated rings. The van der Waals surface area contributed by atoms with Crippen LogP contribution >= 0.6 is 0 Å². The molecule has 0 atom stereocenters. The Morgan fingerprint density at radius 1 is 1.17 bits per heavy atom. The third-order valence-electron chi connectivity index (χ3n) is 4.96. The Morgan fingerprint density at radius 2 is 1.72 bits per heavy atom. The quantitative estimate of drug-likeness (QED) is 0.820. The number of likely N-dealkylation sites (tertiary alicyclic amines) is 1. The van der Waals surface area contributed by atoms with E-state index in [4.69, 9.17) is 5.73 Å². The molecule has 0 radical (unpaired) electrons. The molecule has 1 saturated heterocycles. The minimum absolute atomic E-state index is 0.286. The Bertz CT molecular complexity index is 283. The van der Waals surface area contributed by atoms with Crippen LogP contribution in [0.1, 0.15) is 52.4 Å². The van der Waals surface area contributed by atoms with Crippen molar-refractivity contribution in [3.05, 3.63) is 0 Å². The van der Waals surface area contributed by atoms with Gasteiger partial charge in [-0.2, -0.15) is 0 Å². The summed E-state index contributed by atoms with van der Waals surface area (Å²) in [7, 11) is 0. The molecule has 0 aromatic carbocycles. The van der Waals surface area contributed by atoms with Crippen molar-refractivity contribution in [2.45, 2.75) is 52.4 Å². The number of nitrogens with zero attached hydrogens (tertiary/aromatic N) is 1. The molecule has 0 spiro atoms. The molecule has 1 amide bonds. The van der Waals surface area contributed by atoms with E-state index in [9.17, 15) is 4.79 Å². The van der Waals surface area contributed by atoms with Gasteiger partial charge in [-0.15, -0.1) is 0 Å². The Labute approximate surface area is 111 Å². The predicted octanol–water partition coefficient (Wildman–Crippen LogP) is 2.40. The van der Waals surface area contributed by atoms with Crippen molar-refractivity contribution in [1.29, 1.82) is 0 Å². The van der Waals surface area contributed by atoms with Crippen molar-refractivity contribution in [3.8, 4) is 0 Å². The van der Waals surface area contributed by atoms with E-state index in [-0.39, 0.29) is 5.92 Å². The van der Waals surface area contributed by atoms with Crippen LogP contribution in [0.5, 0.6) is 0 Å². The number of hydrogen-bond donors (Lipinski definition) is 1. The van der Waals surface area contributed by atoms with Crippen LogP contribution in [0, 0.1) is 17.3 Å². The van der Waals surface area contributed by atoms with Gasteiger partial charge < -0.3 is 10.6 Å². The maximum Gasteiger partial charge on any atom is 0.225 e. The van der Waals surface area contributed by atoms with Gasteiger partial charge in [-0.25, -0.2) is 0 Å². The van der Waals surface area contributed by atoms with Crippen LogP contribution in [0.2, 0.25) is 0 Å². The summed E-state index contributed by atoms with van der Waals surface area (Å²) in [5.74, 6) is 1.37. The van der Waals surface area contributed by atoms with Crippen LogP contribution in [0.15, 0.2) is 0 Å². The lowest BCUT2D eigenvalue weighted by atomic mass is 9.79. The number of carbonyl (C=O) groups is 1. The van der Waals surface area contributed by atoms with Gasteiger partial charge in [0.25, 0.3) is 0 Å². The summed E-state index contributed by atoms with van der Waals surface area (Å²) in [6, 6.07) is 0. The summed E-state index contributed by atoms with van der Waals surface area (Å²) in [5, 5.41) is 0. The van der Waals surface area contributed by atoms with Gasteiger partial charge in [0.05, 0.1) is 0 Å². The monoisotopic (exact) mass is 252 g/mol. The Hall–Kier alpha value is -0.570. The Morgan fingerprint density at radius 3 is 2.22 bits per heavy atom. The maximum atomic E-state index is 12.5. The topological polar surface area (TPSA) is 46.3 Å². The summed E-state index contributed by atoms with van der Waals surface area (Å²) in [5.41, 5.74) is 6.13. The molecule has 0 aromatic rings. The van der Waals surface area contributed by atoms with Gasteiger partial charge in [-0.1, -0.05) is 13.8 Å². The smallest absolute Gasteiger partial charge is 0.225 e. The van der Waals surface area contributed by atoms with Crippen LogP contribution in [-0.2, 0) is 4.79 Å². The van der Waals surface area contributed by atoms with Gasteiger partial charge >= 0.3 is 0 Å². The molecule has 3 heteroatoms. The Kier molecular flexibility index (Phi) is 4.31. The SMILES string of the molecule is CC1(C)CCN(C(=O)C2CCC(CN)CC2)CC1. The fraction of sp³-hybridized carbons (Fsp3) is 0.933. The number of amides is 1. The van der Waals surface area contributed by atoms with E-state index in [1.165, 1.54) is 0 Å². The molecular formula is C15H28N2O. The molecule has 2 rings (SSSR count). The highest BCUT2D eigenvalue weighted by molar-refractivity contribution is 5.79. The molecule has 0 bridgehead atoms. The molecule has 0 aromatic heterocycles. The number of piperidine rings is 1. The zero-order valence-corrected chi connectivity index (χ0v) is 12.0. The first kappa shape index (κ1) is 13.9. The molecule has 1 saturated carbocycles. The Balaban J connectivity index is 1.82. The second kappa shape index (κ2) is 5.60. The zero-order valence-electron chi connectivity index (χ0n) is 12.0. The van der Waals surface area contributed by atoms with Crippen LogP contribution in [0.25, 0.3) is 0 Å². The van der Waals surface area contributed by atoms with Crippen molar-refractivity contribution < 1.29 is 4.79 Å². The molecular weight excluding hydrogens is 224 g/mol. The minimum Gasteiger partial charge on any atom is -0.342 e. The lowest BCUT2D eigenvalue weighted by molar-refractivity contribution is -0.138. The van der Waals surface area contributed by atoms with Gasteiger partial charge in [0.15, 0.2) is 0 Å². The van der Waals surface area contributed by atoms with Gasteiger partial charge in [-0.05, 0) is 56.4 Å². The van der Waals surface area contributed by atoms with Gasteiger partial charge in [0.1, 0.15) is 0 Å². The summed E-state index contributed by atoms with van der Waals surface area (Å²) in [6.45, 7) is 7.33. The zero-order chi connectivity index (χ0) is 13.2. The molecule has 1 heterocycles. The highest BCUT2D eigenvalue weighted by atomic mass is 16.2. The van der Waals surface area contributed by atoms with Gasteiger partial charge in [-0.3, -0.25) is 4.79 Å². The molecule has 2 aliphatic rings. The maximum absolute atomic E-state index is 12.5. The van der Waals surface area contributed by atoms with Crippen molar-refractivity contribution in [1.82, 2.24) is 4.90 Å². The summed E-state index contributed by atoms with van der Waals surface area (Å²) in [4.78, 5) is 14.6. The summed E-state index contributed by atoms with van der Waals surface area (Å²) in [6.07, 6.45) is 6.70. The summed E-state index contributed by atoms with van der Waals surface area (Å²) < 4.78 is 0. The van der Waals surface area contributed by atoms with Crippen molar-refractivity contribution in [2.24, 2.45) is 23.0 Å². The molecule has 2 N–H and O–H groups in total. The van der Waals surface area contributed by atoms with Crippen LogP contribution in [0.4, 0.5) is 0 Å². The van der Waals surface area contributed by atoms with E-state index < -0.39 is 0 Å². The van der Waals surface area contributed by atoms with Gasteiger partial charge in [0.2, 0.25) is 5.91 Å². The lowest BCUT2D eigenvalue weighted by Crippen LogP contribution is -2.44. The molecule has 1 aliphatic carbocycles. The molecule has 1 aliphatic heterocycles. The largest absolute Gasteiger partial charge is 0.342 e. The van der Waals surface area contributed by atoms with Crippen molar-refractivity contribution in [3.63, 3.8) is 0 Å². The van der Waals surface area contributed by atoms with Gasteiger partial charge in [0, 0.05) is 19.0 Å². The first-order valence-electron chi connectivity index (χ1n) is 7.51. The number of nitrogens with two attached hydrogens (primary N) is 1. The number of rotatable bonds is 2. The van der Waals surface area contributed by atoms with E-state index in [0.29, 0.717) is 17.2 Å². The average Bonchev–Trinajstić information content (AvgIpc) is 2.38. The van der Waals surface area contributed by atoms with Crippen LogP contribution in [0.3, 0.4) is 0 Å². The second-order valence-electron chi connectivity index (χ2n) is 6.94. The first-order chi connectivity index (χ1) is 8.52. The average molecular weight is 252 g/mol. The third kappa shape index (κ3) is 3.25. The second-order valence-corrected chi connectivity index (χ2v) is 6.94. The third-order valence-corrected chi connectivity index (χ3v) is 4.96. The molecule has 0 unspecified atom stereocenters. The van der Waals surface area contributed by atoms with E-state index in [1.54, 1.807) is 0 Å². The predicted molar refractivity (Wildman–Crippen MR) is 74.1 cm³/mol. The summed E-state index contributed by atoms with van der Waals surface area (Å²) >= 11 is 0. The van der Waals surface area contributed by atoms with Crippen LogP contribution < -0.4 is 5.73 Å². The van der Waals surface area contributed by atoms with E-state index >= 15 is 0 Å². The fourth-order valence-corrected chi connectivity index (χ4v) is 3.24. The number of hydrogen-bond acceptors (Lipinski definition) is 2. The normalized spacial score (nSPS) is 32.3. The number of carbonyl (C=O) groups excluding carboxylic acids is 1. The van der Waals surface area contributed by atoms with Crippen LogP contribution in [-0.4, -0.2) is 30.4 Å². The van der Waals surface area contributed by atoms with E-state index in [2.05, 4.69) is 18.7 Å². The first-order valence-corrected chi connectivity index (χ1v) is 7.51. The molecule has 18 heavy (non-hydrogen) atoms. The van der Waals surface area contributed by atoms with E-state index in [1.807, 2.05) is 0 Å². The standard InChI is InChI=1S/C15H28N2O/c1-15(2)7-9-17(10-8-15)14(18)13-5-3-12(11-16)4-6-13/h12-13H,3-11,16H2,1-2H3. The highest BCUT2D eigenvalue weighted by Gasteiger charge is 2.33.